The van der Waals surface area contributed by atoms with Crippen molar-refractivity contribution in [3.8, 4) is 11.5 Å². The smallest absolute Gasteiger partial charge is 0.244 e. The molecule has 9 nitrogen and oxygen atoms in total. The Morgan fingerprint density at radius 3 is 2.33 bits per heavy atom. The predicted molar refractivity (Wildman–Crippen MR) is 144 cm³/mol. The number of halogens is 1. The summed E-state index contributed by atoms with van der Waals surface area (Å²) in [4.78, 5) is 28.0. The number of rotatable bonds is 12. The van der Waals surface area contributed by atoms with Gasteiger partial charge in [-0.25, -0.2) is 8.42 Å². The van der Waals surface area contributed by atoms with E-state index >= 15 is 0 Å². The summed E-state index contributed by atoms with van der Waals surface area (Å²) in [6.45, 7) is 5.06. The van der Waals surface area contributed by atoms with Crippen LogP contribution in [0.15, 0.2) is 46.9 Å². The quantitative estimate of drug-likeness (QED) is 0.409. The van der Waals surface area contributed by atoms with Crippen molar-refractivity contribution in [2.45, 2.75) is 45.8 Å². The number of amides is 2. The first-order valence-corrected chi connectivity index (χ1v) is 14.1. The molecule has 0 spiro atoms. The fourth-order valence-corrected chi connectivity index (χ4v) is 4.77. The van der Waals surface area contributed by atoms with Crippen LogP contribution >= 0.6 is 15.9 Å². The maximum Gasteiger partial charge on any atom is 0.244 e. The Morgan fingerprint density at radius 1 is 1.08 bits per heavy atom. The van der Waals surface area contributed by atoms with Crippen LogP contribution in [-0.4, -0.2) is 64.2 Å². The highest BCUT2D eigenvalue weighted by atomic mass is 79.9. The fourth-order valence-electron chi connectivity index (χ4n) is 3.47. The Morgan fingerprint density at radius 2 is 1.78 bits per heavy atom. The van der Waals surface area contributed by atoms with E-state index < -0.39 is 28.5 Å². The summed E-state index contributed by atoms with van der Waals surface area (Å²) in [7, 11) is -1.00. The first-order chi connectivity index (χ1) is 16.9. The highest BCUT2D eigenvalue weighted by Gasteiger charge is 2.31. The van der Waals surface area contributed by atoms with Gasteiger partial charge >= 0.3 is 0 Å². The van der Waals surface area contributed by atoms with Gasteiger partial charge in [-0.3, -0.25) is 13.9 Å². The molecule has 0 fully saturated rings. The zero-order valence-electron chi connectivity index (χ0n) is 21.4. The third-order valence-corrected chi connectivity index (χ3v) is 7.36. The van der Waals surface area contributed by atoms with E-state index in [0.717, 1.165) is 27.0 Å². The summed E-state index contributed by atoms with van der Waals surface area (Å²) >= 11 is 3.43. The minimum atomic E-state index is -3.89. The molecule has 0 bridgehead atoms. The van der Waals surface area contributed by atoms with Crippen molar-refractivity contribution in [2.24, 2.45) is 0 Å². The molecule has 0 saturated carbocycles. The number of sulfonamides is 1. The molecular formula is C25H34BrN3O6S. The maximum atomic E-state index is 13.6. The van der Waals surface area contributed by atoms with Crippen LogP contribution in [0, 0.1) is 0 Å². The van der Waals surface area contributed by atoms with Gasteiger partial charge in [0.05, 0.1) is 26.2 Å². The van der Waals surface area contributed by atoms with Crippen molar-refractivity contribution < 1.29 is 27.5 Å². The van der Waals surface area contributed by atoms with Crippen LogP contribution in [0.25, 0.3) is 0 Å². The van der Waals surface area contributed by atoms with Gasteiger partial charge < -0.3 is 19.7 Å². The molecule has 36 heavy (non-hydrogen) atoms. The van der Waals surface area contributed by atoms with Crippen molar-refractivity contribution in [3.63, 3.8) is 0 Å². The molecule has 1 N–H and O–H groups in total. The van der Waals surface area contributed by atoms with Gasteiger partial charge in [0, 0.05) is 23.1 Å². The van der Waals surface area contributed by atoms with Crippen molar-refractivity contribution in [3.05, 3.63) is 52.5 Å². The van der Waals surface area contributed by atoms with E-state index in [1.54, 1.807) is 19.1 Å². The number of hydrogen-bond donors (Lipinski definition) is 1. The van der Waals surface area contributed by atoms with Crippen molar-refractivity contribution in [1.29, 1.82) is 0 Å². The molecule has 0 radical (unpaired) electrons. The van der Waals surface area contributed by atoms with E-state index in [1.165, 1.54) is 25.2 Å². The summed E-state index contributed by atoms with van der Waals surface area (Å²) < 4.78 is 37.9. The lowest BCUT2D eigenvalue weighted by atomic mass is 10.1. The number of carbonyl (C=O) groups is 2. The average molecular weight is 585 g/mol. The van der Waals surface area contributed by atoms with Crippen LogP contribution in [0.5, 0.6) is 11.5 Å². The summed E-state index contributed by atoms with van der Waals surface area (Å²) in [6, 6.07) is 11.1. The highest BCUT2D eigenvalue weighted by molar-refractivity contribution is 9.10. The molecule has 198 valence electrons. The van der Waals surface area contributed by atoms with Gasteiger partial charge in [0.2, 0.25) is 21.8 Å². The summed E-state index contributed by atoms with van der Waals surface area (Å²) in [5.74, 6) is -0.152. The molecule has 2 atom stereocenters. The lowest BCUT2D eigenvalue weighted by Crippen LogP contribution is -2.52. The normalized spacial score (nSPS) is 12.9. The number of hydrogen-bond acceptors (Lipinski definition) is 6. The van der Waals surface area contributed by atoms with Gasteiger partial charge in [-0.15, -0.1) is 0 Å². The number of benzene rings is 2. The second-order valence-corrected chi connectivity index (χ2v) is 11.3. The predicted octanol–water partition coefficient (Wildman–Crippen LogP) is 3.56. The molecule has 2 unspecified atom stereocenters. The van der Waals surface area contributed by atoms with Crippen molar-refractivity contribution >= 4 is 43.5 Å². The minimum Gasteiger partial charge on any atom is -0.497 e. The van der Waals surface area contributed by atoms with E-state index in [4.69, 9.17) is 9.47 Å². The molecule has 2 aromatic carbocycles. The topological polar surface area (TPSA) is 105 Å². The molecular weight excluding hydrogens is 550 g/mol. The minimum absolute atomic E-state index is 0.0705. The SMILES string of the molecule is CCC(C)NC(=O)C(C)N(Cc1cccc(Br)c1)C(=O)CN(c1ccc(OC)cc1OC)S(C)(=O)=O. The van der Waals surface area contributed by atoms with Crippen LogP contribution < -0.4 is 19.1 Å². The Hall–Kier alpha value is -2.79. The molecule has 0 aromatic heterocycles. The third kappa shape index (κ3) is 7.86. The van der Waals surface area contributed by atoms with E-state index in [-0.39, 0.29) is 29.9 Å². The van der Waals surface area contributed by atoms with Gasteiger partial charge in [0.15, 0.2) is 0 Å². The van der Waals surface area contributed by atoms with Gasteiger partial charge in [-0.05, 0) is 50.1 Å². The monoisotopic (exact) mass is 583 g/mol. The second kappa shape index (κ2) is 13.0. The summed E-state index contributed by atoms with van der Waals surface area (Å²) in [5, 5.41) is 2.90. The first kappa shape index (κ1) is 29.4. The molecule has 2 rings (SSSR count). The summed E-state index contributed by atoms with van der Waals surface area (Å²) in [5.41, 5.74) is 0.974. The largest absolute Gasteiger partial charge is 0.497 e. The number of methoxy groups -OCH3 is 2. The Labute approximate surface area is 221 Å². The van der Waals surface area contributed by atoms with Gasteiger partial charge in [0.25, 0.3) is 0 Å². The molecule has 0 aliphatic carbocycles. The Balaban J connectivity index is 2.46. The molecule has 2 amide bonds. The molecule has 0 aliphatic rings. The van der Waals surface area contributed by atoms with Crippen LogP contribution in [0.3, 0.4) is 0 Å². The van der Waals surface area contributed by atoms with Crippen LogP contribution in [0.1, 0.15) is 32.8 Å². The molecule has 2 aromatic rings. The van der Waals surface area contributed by atoms with E-state index in [9.17, 15) is 18.0 Å². The molecule has 11 heteroatoms. The van der Waals surface area contributed by atoms with Crippen LogP contribution in [0.4, 0.5) is 5.69 Å². The fraction of sp³-hybridized carbons (Fsp3) is 0.440. The van der Waals surface area contributed by atoms with Crippen molar-refractivity contribution in [1.82, 2.24) is 10.2 Å². The average Bonchev–Trinajstić information content (AvgIpc) is 2.84. The Kier molecular flexibility index (Phi) is 10.6. The molecule has 0 heterocycles. The van der Waals surface area contributed by atoms with E-state index in [0.29, 0.717) is 5.75 Å². The zero-order valence-corrected chi connectivity index (χ0v) is 23.9. The van der Waals surface area contributed by atoms with Gasteiger partial charge in [0.1, 0.15) is 24.1 Å². The summed E-state index contributed by atoms with van der Waals surface area (Å²) in [6.07, 6.45) is 1.75. The standard InChI is InChI=1S/C25H34BrN3O6S/c1-7-17(2)27-25(31)18(3)28(15-19-9-8-10-20(26)13-19)24(30)16-29(36(6,32)33)22-12-11-21(34-4)14-23(22)35-5/h8-14,17-18H,7,15-16H2,1-6H3,(H,27,31). The molecule has 0 aliphatic heterocycles. The first-order valence-electron chi connectivity index (χ1n) is 11.4. The number of ether oxygens (including phenoxy) is 2. The van der Waals surface area contributed by atoms with Crippen LogP contribution in [0.2, 0.25) is 0 Å². The second-order valence-electron chi connectivity index (χ2n) is 8.45. The Bertz CT molecular complexity index is 1170. The molecule has 0 saturated heterocycles. The van der Waals surface area contributed by atoms with Crippen molar-refractivity contribution in [2.75, 3.05) is 31.3 Å². The van der Waals surface area contributed by atoms with Gasteiger partial charge in [-0.1, -0.05) is 35.0 Å². The third-order valence-electron chi connectivity index (χ3n) is 5.75. The highest BCUT2D eigenvalue weighted by Crippen LogP contribution is 2.33. The number of carbonyl (C=O) groups excluding carboxylic acids is 2. The van der Waals surface area contributed by atoms with Gasteiger partial charge in [-0.2, -0.15) is 0 Å². The lowest BCUT2D eigenvalue weighted by molar-refractivity contribution is -0.139. The van der Waals surface area contributed by atoms with E-state index in [1.807, 2.05) is 38.1 Å². The lowest BCUT2D eigenvalue weighted by Gasteiger charge is -2.32. The number of nitrogens with one attached hydrogen (secondary N) is 1. The zero-order chi connectivity index (χ0) is 27.0. The number of anilines is 1. The van der Waals surface area contributed by atoms with Crippen LogP contribution in [-0.2, 0) is 26.2 Å². The van der Waals surface area contributed by atoms with E-state index in [2.05, 4.69) is 21.2 Å². The number of nitrogens with zero attached hydrogens (tertiary/aromatic N) is 2. The maximum absolute atomic E-state index is 13.6.